The Morgan fingerprint density at radius 3 is 2.81 bits per heavy atom. The average Bonchev–Trinajstić information content (AvgIpc) is 2.63. The van der Waals surface area contributed by atoms with E-state index in [0.717, 1.165) is 4.47 Å². The van der Waals surface area contributed by atoms with Crippen molar-refractivity contribution in [1.29, 1.82) is 5.26 Å². The highest BCUT2D eigenvalue weighted by atomic mass is 79.9. The molecule has 0 radical (unpaired) electrons. The van der Waals surface area contributed by atoms with Gasteiger partial charge >= 0.3 is 5.97 Å². The maximum absolute atomic E-state index is 12.3. The fourth-order valence-electron chi connectivity index (χ4n) is 1.95. The summed E-state index contributed by atoms with van der Waals surface area (Å²) in [5.41, 5.74) is 0.296. The lowest BCUT2D eigenvalue weighted by molar-refractivity contribution is -0.112. The van der Waals surface area contributed by atoms with E-state index in [-0.39, 0.29) is 23.4 Å². The molecule has 1 aromatic carbocycles. The van der Waals surface area contributed by atoms with Crippen molar-refractivity contribution < 1.29 is 14.3 Å². The minimum absolute atomic E-state index is 0.176. The number of halogens is 1. The van der Waals surface area contributed by atoms with E-state index in [1.54, 1.807) is 43.5 Å². The van der Waals surface area contributed by atoms with Gasteiger partial charge in [0, 0.05) is 16.9 Å². The summed E-state index contributed by atoms with van der Waals surface area (Å²) >= 11 is 3.30. The number of nitrogens with zero attached hydrogens (tertiary/aromatic N) is 2. The summed E-state index contributed by atoms with van der Waals surface area (Å²) in [4.78, 5) is 28.4. The predicted octanol–water partition coefficient (Wildman–Crippen LogP) is 3.48. The van der Waals surface area contributed by atoms with Crippen LogP contribution < -0.4 is 10.6 Å². The van der Waals surface area contributed by atoms with Crippen LogP contribution in [0, 0.1) is 11.3 Å². The first-order chi connectivity index (χ1) is 12.5. The van der Waals surface area contributed by atoms with Gasteiger partial charge in [0.1, 0.15) is 17.5 Å². The number of esters is 1. The van der Waals surface area contributed by atoms with Gasteiger partial charge in [-0.25, -0.2) is 9.78 Å². The first-order valence-electron chi connectivity index (χ1n) is 7.61. The van der Waals surface area contributed by atoms with Crippen LogP contribution in [0.25, 0.3) is 0 Å². The molecule has 2 rings (SSSR count). The number of pyridine rings is 1. The molecular weight excluding hydrogens is 400 g/mol. The number of hydrogen-bond acceptors (Lipinski definition) is 6. The zero-order valence-corrected chi connectivity index (χ0v) is 15.4. The van der Waals surface area contributed by atoms with Crippen molar-refractivity contribution in [2.45, 2.75) is 6.92 Å². The quantitative estimate of drug-likeness (QED) is 0.425. The molecule has 0 spiro atoms. The number of carbonyl (C=O) groups is 2. The minimum Gasteiger partial charge on any atom is -0.462 e. The molecule has 0 saturated carbocycles. The van der Waals surface area contributed by atoms with Gasteiger partial charge in [-0.1, -0.05) is 28.1 Å². The fraction of sp³-hybridized carbons (Fsp3) is 0.111. The number of anilines is 2. The van der Waals surface area contributed by atoms with E-state index in [1.807, 2.05) is 6.07 Å². The molecule has 0 aliphatic carbocycles. The Morgan fingerprint density at radius 2 is 2.12 bits per heavy atom. The third kappa shape index (κ3) is 5.16. The van der Waals surface area contributed by atoms with E-state index in [1.165, 1.54) is 12.3 Å². The molecule has 1 aromatic heterocycles. The second kappa shape index (κ2) is 9.34. The molecule has 0 saturated heterocycles. The second-order valence-corrected chi connectivity index (χ2v) is 5.81. The van der Waals surface area contributed by atoms with E-state index in [9.17, 15) is 14.9 Å². The highest BCUT2D eigenvalue weighted by Crippen LogP contribution is 2.17. The number of amides is 1. The molecule has 2 aromatic rings. The van der Waals surface area contributed by atoms with E-state index >= 15 is 0 Å². The molecule has 26 heavy (non-hydrogen) atoms. The van der Waals surface area contributed by atoms with Gasteiger partial charge in [0.15, 0.2) is 0 Å². The number of aromatic nitrogens is 1. The monoisotopic (exact) mass is 414 g/mol. The van der Waals surface area contributed by atoms with Gasteiger partial charge in [-0.05, 0) is 31.2 Å². The number of benzene rings is 1. The summed E-state index contributed by atoms with van der Waals surface area (Å²) in [5, 5.41) is 14.6. The smallest absolute Gasteiger partial charge is 0.340 e. The lowest BCUT2D eigenvalue weighted by Crippen LogP contribution is -2.17. The highest BCUT2D eigenvalue weighted by molar-refractivity contribution is 9.10. The molecule has 0 unspecified atom stereocenters. The van der Waals surface area contributed by atoms with Gasteiger partial charge in [-0.15, -0.1) is 0 Å². The van der Waals surface area contributed by atoms with Gasteiger partial charge in [0.05, 0.1) is 17.9 Å². The lowest BCUT2D eigenvalue weighted by atomic mass is 10.1. The average molecular weight is 415 g/mol. The number of hydrogen-bond donors (Lipinski definition) is 2. The molecule has 0 atom stereocenters. The number of nitrogens with one attached hydrogen (secondary N) is 2. The van der Waals surface area contributed by atoms with Crippen LogP contribution in [0.5, 0.6) is 0 Å². The molecular formula is C18H15BrN4O3. The maximum atomic E-state index is 12.3. The maximum Gasteiger partial charge on any atom is 0.340 e. The lowest BCUT2D eigenvalue weighted by Gasteiger charge is -2.10. The van der Waals surface area contributed by atoms with E-state index in [0.29, 0.717) is 5.82 Å². The van der Waals surface area contributed by atoms with Crippen LogP contribution in [0.1, 0.15) is 17.3 Å². The number of rotatable bonds is 6. The summed E-state index contributed by atoms with van der Waals surface area (Å²) in [5.74, 6) is -0.749. The van der Waals surface area contributed by atoms with Crippen LogP contribution in [0.2, 0.25) is 0 Å². The summed E-state index contributed by atoms with van der Waals surface area (Å²) < 4.78 is 5.76. The number of ether oxygens (including phenoxy) is 1. The largest absolute Gasteiger partial charge is 0.462 e. The summed E-state index contributed by atoms with van der Waals surface area (Å²) in [6, 6.07) is 11.7. The van der Waals surface area contributed by atoms with Crippen LogP contribution in [0.3, 0.4) is 0 Å². The molecule has 132 valence electrons. The predicted molar refractivity (Wildman–Crippen MR) is 100 cm³/mol. The Hall–Kier alpha value is -3.18. The zero-order valence-electron chi connectivity index (χ0n) is 13.8. The SMILES string of the molecule is CCOC(=O)c1ccccc1NC(=O)/C(C#N)=C\Nc1cc(Br)ccn1. The molecule has 8 heteroatoms. The first kappa shape index (κ1) is 19.1. The van der Waals surface area contributed by atoms with Crippen LogP contribution >= 0.6 is 15.9 Å². The van der Waals surface area contributed by atoms with Crippen LogP contribution in [0.15, 0.2) is 58.8 Å². The topological polar surface area (TPSA) is 104 Å². The third-order valence-electron chi connectivity index (χ3n) is 3.12. The molecule has 0 aliphatic heterocycles. The molecule has 1 amide bonds. The third-order valence-corrected chi connectivity index (χ3v) is 3.62. The molecule has 0 aliphatic rings. The van der Waals surface area contributed by atoms with E-state index < -0.39 is 11.9 Å². The number of para-hydroxylation sites is 1. The summed E-state index contributed by atoms with van der Waals surface area (Å²) in [6.45, 7) is 1.91. The van der Waals surface area contributed by atoms with Crippen molar-refractivity contribution >= 4 is 39.3 Å². The van der Waals surface area contributed by atoms with Crippen molar-refractivity contribution in [1.82, 2.24) is 4.98 Å². The molecule has 0 fully saturated rings. The normalized spacial score (nSPS) is 10.6. The Labute approximate surface area is 158 Å². The summed E-state index contributed by atoms with van der Waals surface area (Å²) in [7, 11) is 0. The Bertz CT molecular complexity index is 890. The van der Waals surface area contributed by atoms with Crippen molar-refractivity contribution in [2.24, 2.45) is 0 Å². The Balaban J connectivity index is 2.16. The molecule has 0 bridgehead atoms. The Morgan fingerprint density at radius 1 is 1.35 bits per heavy atom. The van der Waals surface area contributed by atoms with Gasteiger partial charge < -0.3 is 15.4 Å². The second-order valence-electron chi connectivity index (χ2n) is 4.89. The molecule has 7 nitrogen and oxygen atoms in total. The van der Waals surface area contributed by atoms with Crippen LogP contribution in [-0.2, 0) is 9.53 Å². The fourth-order valence-corrected chi connectivity index (χ4v) is 2.28. The van der Waals surface area contributed by atoms with Crippen LogP contribution in [-0.4, -0.2) is 23.5 Å². The van der Waals surface area contributed by atoms with Crippen molar-refractivity contribution in [3.63, 3.8) is 0 Å². The highest BCUT2D eigenvalue weighted by Gasteiger charge is 2.16. The number of nitriles is 1. The van der Waals surface area contributed by atoms with Crippen LogP contribution in [0.4, 0.5) is 11.5 Å². The van der Waals surface area contributed by atoms with Gasteiger partial charge in [-0.3, -0.25) is 4.79 Å². The molecule has 1 heterocycles. The van der Waals surface area contributed by atoms with Gasteiger partial charge in [-0.2, -0.15) is 5.26 Å². The molecule has 2 N–H and O–H groups in total. The number of carbonyl (C=O) groups excluding carboxylic acids is 2. The van der Waals surface area contributed by atoms with E-state index in [4.69, 9.17) is 4.74 Å². The van der Waals surface area contributed by atoms with Gasteiger partial charge in [0.25, 0.3) is 5.91 Å². The van der Waals surface area contributed by atoms with Crippen molar-refractivity contribution in [2.75, 3.05) is 17.2 Å². The van der Waals surface area contributed by atoms with Crippen molar-refractivity contribution in [3.8, 4) is 6.07 Å². The Kier molecular flexibility index (Phi) is 6.88. The summed E-state index contributed by atoms with van der Waals surface area (Å²) in [6.07, 6.45) is 2.82. The van der Waals surface area contributed by atoms with Crippen molar-refractivity contribution in [3.05, 3.63) is 64.4 Å². The zero-order chi connectivity index (χ0) is 18.9. The minimum atomic E-state index is -0.660. The van der Waals surface area contributed by atoms with E-state index in [2.05, 4.69) is 31.5 Å². The first-order valence-corrected chi connectivity index (χ1v) is 8.40. The standard InChI is InChI=1S/C18H15BrN4O3/c1-2-26-18(25)14-5-3-4-6-15(14)23-17(24)12(10-20)11-22-16-9-13(19)7-8-21-16/h3-9,11H,2H2,1H3,(H,21,22)(H,23,24)/b12-11-. The van der Waals surface area contributed by atoms with Gasteiger partial charge in [0.2, 0.25) is 0 Å².